The van der Waals surface area contributed by atoms with E-state index in [4.69, 9.17) is 4.98 Å². The van der Waals surface area contributed by atoms with E-state index in [1.165, 1.54) is 23.8 Å². The Kier molecular flexibility index (Phi) is 7.55. The predicted octanol–water partition coefficient (Wildman–Crippen LogP) is 6.65. The van der Waals surface area contributed by atoms with Gasteiger partial charge < -0.3 is 9.88 Å². The molecule has 47 heavy (non-hydrogen) atoms. The summed E-state index contributed by atoms with van der Waals surface area (Å²) in [4.78, 5) is 22.3. The van der Waals surface area contributed by atoms with Gasteiger partial charge in [-0.25, -0.2) is 4.98 Å². The number of rotatable bonds is 8. The number of likely N-dealkylation sites (tertiary alicyclic amines) is 1. The van der Waals surface area contributed by atoms with Crippen LogP contribution in [0.5, 0.6) is 0 Å². The third-order valence-electron chi connectivity index (χ3n) is 9.48. The molecular weight excluding hydrogens is 605 g/mol. The zero-order chi connectivity index (χ0) is 33.1. The standard InChI is InChI=1S/C35H35F3N8O/c1-21(2)16-40-30-13-24(26-10-22(15-39)4-5-25(26)32-43-41-20-44(32)3)14-31(42-30)46-18-28-27(33(46)47)11-23(12-29(28)35(36,37)38)17-45-9-8-34(19-45)6-7-34/h4-5,10-14,20-21H,6-9,16-19H2,1-3H3,(H,40,42). The molecule has 2 aromatic heterocycles. The topological polar surface area (TPSA) is 103 Å². The van der Waals surface area contributed by atoms with Crippen molar-refractivity contribution in [3.8, 4) is 28.6 Å². The van der Waals surface area contributed by atoms with Gasteiger partial charge >= 0.3 is 6.18 Å². The number of aryl methyl sites for hydroxylation is 1. The van der Waals surface area contributed by atoms with Gasteiger partial charge in [0.2, 0.25) is 0 Å². The van der Waals surface area contributed by atoms with Crippen molar-refractivity contribution in [2.75, 3.05) is 29.9 Å². The van der Waals surface area contributed by atoms with Gasteiger partial charge in [-0.1, -0.05) is 13.8 Å². The Balaban J connectivity index is 1.30. The van der Waals surface area contributed by atoms with E-state index in [0.717, 1.165) is 19.5 Å². The molecule has 7 rings (SSSR count). The Hall–Kier alpha value is -4.76. The molecule has 0 atom stereocenters. The van der Waals surface area contributed by atoms with Crippen molar-refractivity contribution in [3.63, 3.8) is 0 Å². The van der Waals surface area contributed by atoms with Gasteiger partial charge in [0.25, 0.3) is 5.91 Å². The number of anilines is 2. The molecule has 1 aliphatic carbocycles. The zero-order valence-electron chi connectivity index (χ0n) is 26.5. The molecule has 9 nitrogen and oxygen atoms in total. The first-order valence-electron chi connectivity index (χ1n) is 15.9. The number of halogens is 3. The highest BCUT2D eigenvalue weighted by atomic mass is 19.4. The fourth-order valence-corrected chi connectivity index (χ4v) is 6.79. The summed E-state index contributed by atoms with van der Waals surface area (Å²) in [7, 11) is 1.81. The van der Waals surface area contributed by atoms with Crippen molar-refractivity contribution < 1.29 is 18.0 Å². The van der Waals surface area contributed by atoms with E-state index >= 15 is 0 Å². The maximum Gasteiger partial charge on any atom is 0.416 e. The molecule has 12 heteroatoms. The number of alkyl halides is 3. The molecular formula is C35H35F3N8O. The quantitative estimate of drug-likeness (QED) is 0.230. The second-order valence-corrected chi connectivity index (χ2v) is 13.5. The summed E-state index contributed by atoms with van der Waals surface area (Å²) in [5, 5.41) is 21.3. The number of fused-ring (bicyclic) bond motifs is 1. The van der Waals surface area contributed by atoms with Crippen LogP contribution in [0.4, 0.5) is 24.8 Å². The van der Waals surface area contributed by atoms with Crippen LogP contribution < -0.4 is 10.2 Å². The summed E-state index contributed by atoms with van der Waals surface area (Å²) >= 11 is 0. The van der Waals surface area contributed by atoms with E-state index in [0.29, 0.717) is 58.0 Å². The van der Waals surface area contributed by atoms with Gasteiger partial charge in [0.15, 0.2) is 5.82 Å². The molecule has 0 unspecified atom stereocenters. The van der Waals surface area contributed by atoms with Crippen LogP contribution in [0, 0.1) is 22.7 Å². The minimum atomic E-state index is -4.62. The van der Waals surface area contributed by atoms with Crippen molar-refractivity contribution in [2.24, 2.45) is 18.4 Å². The van der Waals surface area contributed by atoms with Crippen molar-refractivity contribution in [1.82, 2.24) is 24.6 Å². The van der Waals surface area contributed by atoms with Crippen LogP contribution in [-0.2, 0) is 26.3 Å². The smallest absolute Gasteiger partial charge is 0.370 e. The lowest BCUT2D eigenvalue weighted by Crippen LogP contribution is -2.25. The van der Waals surface area contributed by atoms with Gasteiger partial charge in [-0.2, -0.15) is 18.4 Å². The van der Waals surface area contributed by atoms with Gasteiger partial charge in [0, 0.05) is 37.8 Å². The lowest BCUT2D eigenvalue weighted by molar-refractivity contribution is -0.138. The SMILES string of the molecule is CC(C)CNc1cc(-c2cc(C#N)ccc2-c2nncn2C)cc(N2Cc3c(cc(CN4CCC5(CC5)C4)cc3C(F)(F)F)C2=O)n1. The number of benzene rings is 2. The van der Waals surface area contributed by atoms with Crippen LogP contribution in [0.2, 0.25) is 0 Å². The monoisotopic (exact) mass is 640 g/mol. The highest BCUT2D eigenvalue weighted by Crippen LogP contribution is 2.53. The van der Waals surface area contributed by atoms with Crippen molar-refractivity contribution in [2.45, 2.75) is 52.4 Å². The average Bonchev–Trinajstić information content (AvgIpc) is 3.29. The Bertz CT molecular complexity index is 1920. The molecule has 4 heterocycles. The van der Waals surface area contributed by atoms with Crippen molar-refractivity contribution >= 4 is 17.5 Å². The average molecular weight is 641 g/mol. The van der Waals surface area contributed by atoms with Gasteiger partial charge in [-0.05, 0) is 102 Å². The fourth-order valence-electron chi connectivity index (χ4n) is 6.79. The minimum Gasteiger partial charge on any atom is -0.370 e. The first-order valence-corrected chi connectivity index (χ1v) is 15.9. The van der Waals surface area contributed by atoms with E-state index in [1.54, 1.807) is 41.2 Å². The number of amides is 1. The number of pyridine rings is 1. The molecule has 2 aliphatic heterocycles. The highest BCUT2D eigenvalue weighted by molar-refractivity contribution is 6.10. The van der Waals surface area contributed by atoms with Crippen LogP contribution in [0.15, 0.2) is 48.8 Å². The molecule has 0 bridgehead atoms. The third kappa shape index (κ3) is 5.96. The Morgan fingerprint density at radius 2 is 1.87 bits per heavy atom. The van der Waals surface area contributed by atoms with Gasteiger partial charge in [0.05, 0.1) is 23.7 Å². The maximum atomic E-state index is 14.5. The molecule has 2 fully saturated rings. The zero-order valence-corrected chi connectivity index (χ0v) is 26.5. The molecule has 4 aromatic rings. The molecule has 242 valence electrons. The molecule has 1 amide bonds. The summed E-state index contributed by atoms with van der Waals surface area (Å²) < 4.78 is 45.3. The highest BCUT2D eigenvalue weighted by Gasteiger charge is 2.47. The largest absolute Gasteiger partial charge is 0.416 e. The Morgan fingerprint density at radius 3 is 2.53 bits per heavy atom. The van der Waals surface area contributed by atoms with Crippen LogP contribution in [0.1, 0.15) is 65.7 Å². The van der Waals surface area contributed by atoms with Gasteiger partial charge in [-0.15, -0.1) is 10.2 Å². The summed E-state index contributed by atoms with van der Waals surface area (Å²) in [5.41, 5.74) is 2.47. The van der Waals surface area contributed by atoms with Crippen LogP contribution in [-0.4, -0.2) is 50.2 Å². The van der Waals surface area contributed by atoms with E-state index in [2.05, 4.69) is 26.5 Å². The predicted molar refractivity (Wildman–Crippen MR) is 171 cm³/mol. The van der Waals surface area contributed by atoms with E-state index in [9.17, 15) is 23.2 Å². The number of nitrogens with one attached hydrogen (secondary N) is 1. The molecule has 2 aromatic carbocycles. The van der Waals surface area contributed by atoms with Crippen molar-refractivity contribution in [1.29, 1.82) is 5.26 Å². The first-order chi connectivity index (χ1) is 22.4. The minimum absolute atomic E-state index is 0.0403. The molecule has 1 saturated carbocycles. The van der Waals surface area contributed by atoms with Gasteiger partial charge in [-0.3, -0.25) is 14.6 Å². The van der Waals surface area contributed by atoms with E-state index in [1.807, 2.05) is 27.0 Å². The van der Waals surface area contributed by atoms with E-state index < -0.39 is 17.6 Å². The number of carbonyl (C=O) groups is 1. The Labute approximate surface area is 271 Å². The maximum absolute atomic E-state index is 14.5. The Morgan fingerprint density at radius 1 is 1.06 bits per heavy atom. The molecule has 3 aliphatic rings. The van der Waals surface area contributed by atoms with Crippen LogP contribution >= 0.6 is 0 Å². The summed E-state index contributed by atoms with van der Waals surface area (Å²) in [6, 6.07) is 13.7. The molecule has 1 spiro atoms. The lowest BCUT2D eigenvalue weighted by atomic mass is 9.97. The fraction of sp³-hybridized carbons (Fsp3) is 0.400. The summed E-state index contributed by atoms with van der Waals surface area (Å²) in [6.45, 7) is 6.53. The number of nitriles is 1. The second kappa shape index (κ2) is 11.5. The second-order valence-electron chi connectivity index (χ2n) is 13.5. The molecule has 0 radical (unpaired) electrons. The molecule has 1 saturated heterocycles. The number of nitrogens with zero attached hydrogens (tertiary/aromatic N) is 7. The summed E-state index contributed by atoms with van der Waals surface area (Å²) in [6.07, 6.45) is 0.375. The van der Waals surface area contributed by atoms with Crippen LogP contribution in [0.3, 0.4) is 0 Å². The summed E-state index contributed by atoms with van der Waals surface area (Å²) in [5.74, 6) is 0.992. The van der Waals surface area contributed by atoms with E-state index in [-0.39, 0.29) is 29.4 Å². The van der Waals surface area contributed by atoms with Gasteiger partial charge in [0.1, 0.15) is 18.0 Å². The lowest BCUT2D eigenvalue weighted by Gasteiger charge is -2.20. The molecule has 1 N–H and O–H groups in total. The normalized spacial score (nSPS) is 17.1. The number of aromatic nitrogens is 4. The number of hydrogen-bond acceptors (Lipinski definition) is 7. The van der Waals surface area contributed by atoms with Crippen LogP contribution in [0.25, 0.3) is 22.5 Å². The number of hydrogen-bond donors (Lipinski definition) is 1. The first kappa shape index (κ1) is 30.9. The number of carbonyl (C=O) groups excluding carboxylic acids is 1. The third-order valence-corrected chi connectivity index (χ3v) is 9.48. The van der Waals surface area contributed by atoms with Crippen molar-refractivity contribution in [3.05, 3.63) is 76.6 Å².